The summed E-state index contributed by atoms with van der Waals surface area (Å²) >= 11 is 0. The number of nitro benzene ring substituents is 1. The Morgan fingerprint density at radius 3 is 2.10 bits per heavy atom. The lowest BCUT2D eigenvalue weighted by molar-refractivity contribution is -0.384. The normalized spacial score (nSPS) is 15.3. The van der Waals surface area contributed by atoms with Gasteiger partial charge in [-0.05, 0) is 29.3 Å². The Kier molecular flexibility index (Phi) is 6.84. The first-order chi connectivity index (χ1) is 14.8. The first-order valence-electron chi connectivity index (χ1n) is 9.59. The summed E-state index contributed by atoms with van der Waals surface area (Å²) < 4.78 is 1.77. The molecule has 1 heterocycles. The van der Waals surface area contributed by atoms with Crippen LogP contribution in [0.3, 0.4) is 0 Å². The number of hydrogen-bond donors (Lipinski definition) is 5. The highest BCUT2D eigenvalue weighted by Gasteiger charge is 2.34. The van der Waals surface area contributed by atoms with Crippen LogP contribution in [0.5, 0.6) is 0 Å². The summed E-state index contributed by atoms with van der Waals surface area (Å²) in [6.45, 7) is -0.787. The van der Waals surface area contributed by atoms with Crippen LogP contribution in [0.2, 0.25) is 0 Å². The Balaban J connectivity index is 2.13. The number of aliphatic hydroxyl groups is 5. The molecule has 0 aliphatic heterocycles. The predicted molar refractivity (Wildman–Crippen MR) is 113 cm³/mol. The molecule has 1 aromatic heterocycles. The molecule has 0 saturated heterocycles. The topological polar surface area (TPSA) is 149 Å². The summed E-state index contributed by atoms with van der Waals surface area (Å²) in [5, 5.41) is 61.0. The number of nitrogens with zero attached hydrogens (tertiary/aromatic N) is 2. The van der Waals surface area contributed by atoms with E-state index in [2.05, 4.69) is 0 Å². The van der Waals surface area contributed by atoms with E-state index in [0.29, 0.717) is 17.0 Å². The molecule has 3 aromatic rings. The molecule has 3 rings (SSSR count). The van der Waals surface area contributed by atoms with Gasteiger partial charge in [0.2, 0.25) is 0 Å². The molecule has 0 radical (unpaired) electrons. The molecule has 0 fully saturated rings. The van der Waals surface area contributed by atoms with Crippen molar-refractivity contribution in [1.82, 2.24) is 4.57 Å². The number of non-ortho nitro benzene ring substituents is 1. The van der Waals surface area contributed by atoms with E-state index >= 15 is 0 Å². The van der Waals surface area contributed by atoms with Crippen molar-refractivity contribution in [3.63, 3.8) is 0 Å². The van der Waals surface area contributed by atoms with Gasteiger partial charge in [-0.1, -0.05) is 30.3 Å². The molecular formula is C22H24N2O7. The highest BCUT2D eigenvalue weighted by atomic mass is 16.6. The molecule has 31 heavy (non-hydrogen) atoms. The second-order valence-corrected chi connectivity index (χ2v) is 7.24. The molecule has 0 amide bonds. The van der Waals surface area contributed by atoms with Gasteiger partial charge in [0.15, 0.2) is 0 Å². The van der Waals surface area contributed by atoms with Crippen molar-refractivity contribution in [2.75, 3.05) is 6.61 Å². The quantitative estimate of drug-likeness (QED) is 0.269. The van der Waals surface area contributed by atoms with E-state index in [1.165, 1.54) is 24.3 Å². The van der Waals surface area contributed by atoms with Crippen LogP contribution in [-0.4, -0.2) is 59.9 Å². The van der Waals surface area contributed by atoms with Gasteiger partial charge in [-0.3, -0.25) is 10.1 Å². The lowest BCUT2D eigenvalue weighted by Crippen LogP contribution is -2.42. The average molecular weight is 428 g/mol. The highest BCUT2D eigenvalue weighted by molar-refractivity contribution is 5.74. The Morgan fingerprint density at radius 1 is 0.935 bits per heavy atom. The molecule has 9 heteroatoms. The number of nitro groups is 1. The maximum atomic E-state index is 11.0. The predicted octanol–water partition coefficient (Wildman–Crippen LogP) is 1.38. The van der Waals surface area contributed by atoms with Gasteiger partial charge < -0.3 is 30.1 Å². The summed E-state index contributed by atoms with van der Waals surface area (Å²) in [7, 11) is 1.75. The molecule has 0 unspecified atom stereocenters. The standard InChI is InChI=1S/C22H24N2O7/c1-23-17(13-5-3-2-4-6-13)11-16(20(27)22(29)21(28)18(26)12-25)19(23)14-7-9-15(10-8-14)24(30)31/h2-11,18,20-22,25-29H,12H2,1H3/t18-,20+,21+,22-/m1/s1. The smallest absolute Gasteiger partial charge is 0.269 e. The first-order valence-corrected chi connectivity index (χ1v) is 9.59. The van der Waals surface area contributed by atoms with Crippen LogP contribution in [0.4, 0.5) is 5.69 Å². The van der Waals surface area contributed by atoms with Crippen LogP contribution in [0.25, 0.3) is 22.5 Å². The van der Waals surface area contributed by atoms with Crippen LogP contribution in [0, 0.1) is 10.1 Å². The van der Waals surface area contributed by atoms with E-state index in [-0.39, 0.29) is 11.3 Å². The van der Waals surface area contributed by atoms with E-state index in [1.54, 1.807) is 17.7 Å². The van der Waals surface area contributed by atoms with E-state index in [0.717, 1.165) is 5.56 Å². The molecule has 2 aromatic carbocycles. The van der Waals surface area contributed by atoms with Gasteiger partial charge in [0, 0.05) is 30.4 Å². The summed E-state index contributed by atoms with van der Waals surface area (Å²) in [6, 6.07) is 16.7. The Labute approximate surface area is 178 Å². The Morgan fingerprint density at radius 2 is 1.55 bits per heavy atom. The highest BCUT2D eigenvalue weighted by Crippen LogP contribution is 2.37. The van der Waals surface area contributed by atoms with Crippen molar-refractivity contribution in [2.45, 2.75) is 24.4 Å². The third-order valence-corrected chi connectivity index (χ3v) is 5.26. The van der Waals surface area contributed by atoms with Crippen molar-refractivity contribution >= 4 is 5.69 Å². The van der Waals surface area contributed by atoms with Crippen LogP contribution >= 0.6 is 0 Å². The number of rotatable bonds is 8. The summed E-state index contributed by atoms with van der Waals surface area (Å²) in [5.74, 6) is 0. The summed E-state index contributed by atoms with van der Waals surface area (Å²) in [6.07, 6.45) is -6.81. The van der Waals surface area contributed by atoms with Gasteiger partial charge >= 0.3 is 0 Å². The van der Waals surface area contributed by atoms with Crippen LogP contribution in [0.15, 0.2) is 60.7 Å². The number of aromatic nitrogens is 1. The third kappa shape index (κ3) is 4.50. The van der Waals surface area contributed by atoms with Crippen molar-refractivity contribution in [3.05, 3.63) is 76.3 Å². The largest absolute Gasteiger partial charge is 0.394 e. The molecule has 0 bridgehead atoms. The van der Waals surface area contributed by atoms with Gasteiger partial charge in [0.05, 0.1) is 17.2 Å². The van der Waals surface area contributed by atoms with Crippen molar-refractivity contribution in [1.29, 1.82) is 0 Å². The Hall–Kier alpha value is -3.08. The first kappa shape index (κ1) is 22.6. The lowest BCUT2D eigenvalue weighted by Gasteiger charge is -2.26. The van der Waals surface area contributed by atoms with E-state index in [1.807, 2.05) is 30.3 Å². The SMILES string of the molecule is Cn1c(-c2ccccc2)cc([C@H](O)[C@@H](O)[C@@H](O)[C@H](O)CO)c1-c1ccc([N+](=O)[O-])cc1. The third-order valence-electron chi connectivity index (χ3n) is 5.26. The minimum Gasteiger partial charge on any atom is -0.394 e. The van der Waals surface area contributed by atoms with Gasteiger partial charge in [0.1, 0.15) is 24.4 Å². The van der Waals surface area contributed by atoms with Crippen LogP contribution in [0.1, 0.15) is 11.7 Å². The summed E-state index contributed by atoms with van der Waals surface area (Å²) in [4.78, 5) is 10.5. The lowest BCUT2D eigenvalue weighted by atomic mass is 9.95. The van der Waals surface area contributed by atoms with Crippen molar-refractivity contribution in [2.24, 2.45) is 7.05 Å². The van der Waals surface area contributed by atoms with Gasteiger partial charge in [-0.25, -0.2) is 0 Å². The molecule has 9 nitrogen and oxygen atoms in total. The fraction of sp³-hybridized carbons (Fsp3) is 0.273. The molecule has 0 aliphatic rings. The maximum absolute atomic E-state index is 11.0. The van der Waals surface area contributed by atoms with E-state index < -0.39 is 35.9 Å². The zero-order chi connectivity index (χ0) is 22.7. The Bertz CT molecular complexity index is 1030. The minimum atomic E-state index is -1.79. The zero-order valence-electron chi connectivity index (χ0n) is 16.7. The van der Waals surface area contributed by atoms with Crippen LogP contribution in [-0.2, 0) is 7.05 Å². The van der Waals surface area contributed by atoms with E-state index in [9.17, 15) is 30.5 Å². The number of aliphatic hydroxyl groups excluding tert-OH is 5. The number of benzene rings is 2. The van der Waals surface area contributed by atoms with Crippen molar-refractivity contribution in [3.8, 4) is 22.5 Å². The monoisotopic (exact) mass is 428 g/mol. The average Bonchev–Trinajstić information content (AvgIpc) is 3.14. The molecule has 4 atom stereocenters. The maximum Gasteiger partial charge on any atom is 0.269 e. The van der Waals surface area contributed by atoms with Gasteiger partial charge in [-0.2, -0.15) is 0 Å². The molecule has 0 aliphatic carbocycles. The molecule has 0 saturated carbocycles. The van der Waals surface area contributed by atoms with Gasteiger partial charge in [-0.15, -0.1) is 0 Å². The minimum absolute atomic E-state index is 0.0927. The molecule has 0 spiro atoms. The van der Waals surface area contributed by atoms with Crippen LogP contribution < -0.4 is 0 Å². The second kappa shape index (κ2) is 9.38. The molecule has 5 N–H and O–H groups in total. The van der Waals surface area contributed by atoms with Gasteiger partial charge in [0.25, 0.3) is 5.69 Å². The molecular weight excluding hydrogens is 404 g/mol. The number of hydrogen-bond acceptors (Lipinski definition) is 7. The molecule has 164 valence electrons. The zero-order valence-corrected chi connectivity index (χ0v) is 16.7. The fourth-order valence-corrected chi connectivity index (χ4v) is 3.55. The summed E-state index contributed by atoms with van der Waals surface area (Å²) in [5.41, 5.74) is 2.72. The van der Waals surface area contributed by atoms with Crippen molar-refractivity contribution < 1.29 is 30.5 Å². The fourth-order valence-electron chi connectivity index (χ4n) is 3.55. The van der Waals surface area contributed by atoms with E-state index in [4.69, 9.17) is 5.11 Å². The second-order valence-electron chi connectivity index (χ2n) is 7.24.